The molecule has 0 amide bonds. The first-order valence-corrected chi connectivity index (χ1v) is 17.3. The second-order valence-electron chi connectivity index (χ2n) is 11.3. The van der Waals surface area contributed by atoms with E-state index in [1.807, 2.05) is 0 Å². The summed E-state index contributed by atoms with van der Waals surface area (Å²) in [6, 6.07) is 8.78. The minimum atomic E-state index is -4.61. The molecular formula is C32H28Cl2N2O8S2. The summed E-state index contributed by atoms with van der Waals surface area (Å²) in [7, 11) is -9.21. The van der Waals surface area contributed by atoms with Crippen molar-refractivity contribution < 1.29 is 35.5 Å². The maximum atomic E-state index is 14.2. The van der Waals surface area contributed by atoms with Gasteiger partial charge in [0.25, 0.3) is 20.2 Å². The lowest BCUT2D eigenvalue weighted by Crippen LogP contribution is -2.24. The lowest BCUT2D eigenvalue weighted by Gasteiger charge is -2.26. The number of carbonyl (C=O) groups is 2. The van der Waals surface area contributed by atoms with Gasteiger partial charge in [-0.2, -0.15) is 16.8 Å². The number of halogens is 2. The summed E-state index contributed by atoms with van der Waals surface area (Å²) in [6.45, 7) is 9.55. The number of fused-ring (bicyclic) bond motifs is 2. The molecule has 0 spiro atoms. The molecule has 4 aromatic rings. The molecule has 4 aromatic carbocycles. The molecule has 0 aliphatic heterocycles. The highest BCUT2D eigenvalue weighted by molar-refractivity contribution is 7.86. The minimum absolute atomic E-state index is 0.000526. The Morgan fingerprint density at radius 3 is 1.20 bits per heavy atom. The molecule has 0 saturated carbocycles. The Balaban J connectivity index is 1.79. The molecule has 0 fully saturated rings. The summed E-state index contributed by atoms with van der Waals surface area (Å²) < 4.78 is 68.8. The van der Waals surface area contributed by atoms with E-state index in [0.29, 0.717) is 33.6 Å². The zero-order valence-electron chi connectivity index (χ0n) is 25.4. The highest BCUT2D eigenvalue weighted by atomic mass is 35.5. The quantitative estimate of drug-likeness (QED) is 0.129. The molecule has 0 heterocycles. The first-order chi connectivity index (χ1) is 21.2. The Morgan fingerprint density at radius 2 is 0.891 bits per heavy atom. The van der Waals surface area contributed by atoms with Crippen LogP contribution in [0.1, 0.15) is 65.2 Å². The molecule has 1 aliphatic rings. The third kappa shape index (κ3) is 5.59. The predicted molar refractivity (Wildman–Crippen MR) is 177 cm³/mol. The Morgan fingerprint density at radius 1 is 0.565 bits per heavy atom. The van der Waals surface area contributed by atoms with E-state index < -0.39 is 31.8 Å². The van der Waals surface area contributed by atoms with Crippen LogP contribution in [-0.2, 0) is 20.2 Å². The van der Waals surface area contributed by atoms with Crippen LogP contribution in [0.4, 0.5) is 22.7 Å². The average Bonchev–Trinajstić information content (AvgIpc) is 2.91. The second-order valence-corrected chi connectivity index (χ2v) is 14.8. The maximum absolute atomic E-state index is 14.2. The second kappa shape index (κ2) is 11.5. The van der Waals surface area contributed by atoms with Crippen molar-refractivity contribution in [2.24, 2.45) is 0 Å². The van der Waals surface area contributed by atoms with Crippen molar-refractivity contribution in [2.75, 3.05) is 10.6 Å². The van der Waals surface area contributed by atoms with Gasteiger partial charge in [0.1, 0.15) is 9.79 Å². The molecule has 10 nitrogen and oxygen atoms in total. The fourth-order valence-corrected chi connectivity index (χ4v) is 8.49. The zero-order valence-corrected chi connectivity index (χ0v) is 28.5. The Hall–Kier alpha value is -3.78. The lowest BCUT2D eigenvalue weighted by atomic mass is 9.82. The van der Waals surface area contributed by atoms with Crippen molar-refractivity contribution in [3.05, 3.63) is 102 Å². The monoisotopic (exact) mass is 702 g/mol. The summed E-state index contributed by atoms with van der Waals surface area (Å²) in [5.41, 5.74) is 3.02. The van der Waals surface area contributed by atoms with Gasteiger partial charge in [-0.25, -0.2) is 0 Å². The molecule has 0 aromatic heterocycles. The number of hydrogen-bond donors (Lipinski definition) is 4. The van der Waals surface area contributed by atoms with Crippen molar-refractivity contribution in [3.63, 3.8) is 0 Å². The first-order valence-electron chi connectivity index (χ1n) is 13.7. The number of ketones is 2. The maximum Gasteiger partial charge on any atom is 0.295 e. The van der Waals surface area contributed by atoms with Gasteiger partial charge in [-0.15, -0.1) is 0 Å². The fraction of sp³-hybridized carbons (Fsp3) is 0.188. The molecule has 0 radical (unpaired) electrons. The zero-order chi connectivity index (χ0) is 34.2. The topological polar surface area (TPSA) is 167 Å². The van der Waals surface area contributed by atoms with Crippen LogP contribution >= 0.6 is 23.2 Å². The summed E-state index contributed by atoms with van der Waals surface area (Å²) in [4.78, 5) is 27.8. The van der Waals surface area contributed by atoms with E-state index >= 15 is 0 Å². The molecule has 0 unspecified atom stereocenters. The van der Waals surface area contributed by atoms with Gasteiger partial charge in [-0.3, -0.25) is 18.7 Å². The molecular weight excluding hydrogens is 675 g/mol. The van der Waals surface area contributed by atoms with Crippen LogP contribution in [0.2, 0.25) is 10.0 Å². The third-order valence-corrected chi connectivity index (χ3v) is 11.1. The van der Waals surface area contributed by atoms with E-state index in [9.17, 15) is 35.5 Å². The summed E-state index contributed by atoms with van der Waals surface area (Å²) >= 11 is 12.5. The third-order valence-electron chi connectivity index (χ3n) is 8.05. The van der Waals surface area contributed by atoms with Gasteiger partial charge in [-0.1, -0.05) is 35.3 Å². The SMILES string of the molecule is Cc1cc(C)c(S(=O)(=O)O)c(C)c1Nc1ccc(Nc2c(C)cc(C)c(S(=O)(=O)O)c2C)c2c1C(=O)c1cc(Cl)c(Cl)cc1C2=O. The van der Waals surface area contributed by atoms with Gasteiger partial charge in [0.2, 0.25) is 0 Å². The van der Waals surface area contributed by atoms with Gasteiger partial charge < -0.3 is 10.6 Å². The van der Waals surface area contributed by atoms with Crippen molar-refractivity contribution in [1.29, 1.82) is 0 Å². The van der Waals surface area contributed by atoms with E-state index in [0.717, 1.165) is 0 Å². The standard InChI is InChI=1S/C32H28Cl2N2O8S2/c1-13-9-15(3)31(45(39,40)41)17(5)27(13)35-23-7-8-24(36-28-14(2)10-16(4)32(18(28)6)46(42,43)44)26-25(23)29(37)19-11-21(33)22(34)12-20(19)30(26)38/h7-12,35-36H,1-6H3,(H,39,40,41)(H,42,43,44). The van der Waals surface area contributed by atoms with Crippen LogP contribution in [0.15, 0.2) is 46.2 Å². The van der Waals surface area contributed by atoms with Crippen LogP contribution in [-0.4, -0.2) is 37.5 Å². The van der Waals surface area contributed by atoms with Crippen LogP contribution in [0.5, 0.6) is 0 Å². The van der Waals surface area contributed by atoms with Gasteiger partial charge in [0.15, 0.2) is 11.6 Å². The van der Waals surface area contributed by atoms with E-state index in [4.69, 9.17) is 23.2 Å². The number of rotatable bonds is 6. The van der Waals surface area contributed by atoms with Gasteiger partial charge in [0, 0.05) is 22.5 Å². The van der Waals surface area contributed by atoms with Crippen LogP contribution in [0.25, 0.3) is 0 Å². The van der Waals surface area contributed by atoms with E-state index in [1.165, 1.54) is 38.1 Å². The molecule has 46 heavy (non-hydrogen) atoms. The number of nitrogens with one attached hydrogen (secondary N) is 2. The van der Waals surface area contributed by atoms with E-state index in [2.05, 4.69) is 10.6 Å². The Labute approximate surface area is 276 Å². The van der Waals surface area contributed by atoms with Crippen molar-refractivity contribution >= 4 is 77.8 Å². The number of hydrogen-bond acceptors (Lipinski definition) is 8. The Kier molecular flexibility index (Phi) is 8.38. The highest BCUT2D eigenvalue weighted by Crippen LogP contribution is 2.43. The summed E-state index contributed by atoms with van der Waals surface area (Å²) in [5.74, 6) is -1.16. The van der Waals surface area contributed by atoms with Gasteiger partial charge in [-0.05, 0) is 99.2 Å². The highest BCUT2D eigenvalue weighted by Gasteiger charge is 2.36. The molecule has 14 heteroatoms. The summed E-state index contributed by atoms with van der Waals surface area (Å²) in [5, 5.41) is 6.35. The Bertz CT molecular complexity index is 2120. The number of carbonyl (C=O) groups excluding carboxylic acids is 2. The van der Waals surface area contributed by atoms with Crippen molar-refractivity contribution in [2.45, 2.75) is 51.3 Å². The van der Waals surface area contributed by atoms with Crippen LogP contribution in [0, 0.1) is 41.5 Å². The van der Waals surface area contributed by atoms with Gasteiger partial charge in [0.05, 0.1) is 32.5 Å². The largest absolute Gasteiger partial charge is 0.354 e. The molecule has 0 atom stereocenters. The van der Waals surface area contributed by atoms with Crippen molar-refractivity contribution in [1.82, 2.24) is 0 Å². The fourth-order valence-electron chi connectivity index (χ4n) is 6.26. The number of benzene rings is 4. The minimum Gasteiger partial charge on any atom is -0.354 e. The molecule has 0 saturated heterocycles. The van der Waals surface area contributed by atoms with Crippen LogP contribution < -0.4 is 10.6 Å². The first kappa shape index (κ1) is 33.6. The number of anilines is 4. The molecule has 1 aliphatic carbocycles. The smallest absolute Gasteiger partial charge is 0.295 e. The van der Waals surface area contributed by atoms with Gasteiger partial charge >= 0.3 is 0 Å². The van der Waals surface area contributed by atoms with Crippen molar-refractivity contribution in [3.8, 4) is 0 Å². The molecule has 240 valence electrons. The predicted octanol–water partition coefficient (Wildman–Crippen LogP) is 7.60. The number of aryl methyl sites for hydroxylation is 4. The molecule has 4 N–H and O–H groups in total. The summed E-state index contributed by atoms with van der Waals surface area (Å²) in [6.07, 6.45) is 0. The van der Waals surface area contributed by atoms with Crippen LogP contribution in [0.3, 0.4) is 0 Å². The molecule has 5 rings (SSSR count). The normalized spacial score (nSPS) is 13.0. The molecule has 0 bridgehead atoms. The van der Waals surface area contributed by atoms with E-state index in [1.54, 1.807) is 39.8 Å². The van der Waals surface area contributed by atoms with E-state index in [-0.39, 0.29) is 64.6 Å². The lowest BCUT2D eigenvalue weighted by molar-refractivity contribution is 0.0980. The average molecular weight is 704 g/mol.